The van der Waals surface area contributed by atoms with Crippen molar-refractivity contribution in [1.82, 2.24) is 0 Å². The number of benzene rings is 1. The first-order valence-corrected chi connectivity index (χ1v) is 6.06. The van der Waals surface area contributed by atoms with E-state index in [4.69, 9.17) is 4.74 Å². The zero-order valence-corrected chi connectivity index (χ0v) is 10.2. The largest absolute Gasteiger partial charge is 0.493 e. The number of hydrogen-bond donors (Lipinski definition) is 0. The van der Waals surface area contributed by atoms with Crippen LogP contribution >= 0.6 is 0 Å². The molecule has 1 nitrogen and oxygen atoms in total. The summed E-state index contributed by atoms with van der Waals surface area (Å²) < 4.78 is 5.52. The third-order valence-corrected chi connectivity index (χ3v) is 2.38. The van der Waals surface area contributed by atoms with Crippen LogP contribution in [0.25, 0.3) is 0 Å². The van der Waals surface area contributed by atoms with Crippen LogP contribution in [0.1, 0.15) is 44.7 Å². The van der Waals surface area contributed by atoms with E-state index in [0.717, 1.165) is 18.8 Å². The topological polar surface area (TPSA) is 9.23 Å². The average molecular weight is 206 g/mol. The Morgan fingerprint density at radius 1 is 1.20 bits per heavy atom. The summed E-state index contributed by atoms with van der Waals surface area (Å²) in [7, 11) is 0. The Kier molecular flexibility index (Phi) is 5.23. The fourth-order valence-electron chi connectivity index (χ4n) is 1.63. The molecule has 0 bridgehead atoms. The maximum atomic E-state index is 5.52. The molecular formula is C14H22O. The molecule has 0 saturated heterocycles. The van der Waals surface area contributed by atoms with Crippen molar-refractivity contribution in [2.45, 2.75) is 46.5 Å². The zero-order valence-electron chi connectivity index (χ0n) is 10.2. The predicted octanol–water partition coefficient (Wildman–Crippen LogP) is 3.99. The second kappa shape index (κ2) is 6.49. The Labute approximate surface area is 93.5 Å². The van der Waals surface area contributed by atoms with E-state index >= 15 is 0 Å². The molecule has 2 rings (SSSR count). The number of ether oxygens (including phenoxy) is 1. The van der Waals surface area contributed by atoms with Crippen molar-refractivity contribution in [2.75, 3.05) is 6.61 Å². The summed E-state index contributed by atoms with van der Waals surface area (Å²) in [4.78, 5) is 0. The van der Waals surface area contributed by atoms with E-state index in [1.54, 1.807) is 0 Å². The van der Waals surface area contributed by atoms with Crippen molar-refractivity contribution < 1.29 is 4.74 Å². The summed E-state index contributed by atoms with van der Waals surface area (Å²) in [5.41, 5.74) is 2.81. The lowest BCUT2D eigenvalue weighted by Gasteiger charge is -2.17. The van der Waals surface area contributed by atoms with E-state index < -0.39 is 0 Å². The van der Waals surface area contributed by atoms with Gasteiger partial charge in [0.2, 0.25) is 0 Å². The number of fused-ring (bicyclic) bond motifs is 1. The minimum Gasteiger partial charge on any atom is -0.493 e. The van der Waals surface area contributed by atoms with E-state index in [-0.39, 0.29) is 0 Å². The minimum absolute atomic E-state index is 0.887. The molecule has 0 atom stereocenters. The van der Waals surface area contributed by atoms with Crippen LogP contribution in [0.15, 0.2) is 18.2 Å². The Hall–Kier alpha value is -0.980. The number of rotatable bonds is 1. The van der Waals surface area contributed by atoms with Gasteiger partial charge in [0.1, 0.15) is 5.75 Å². The maximum absolute atomic E-state index is 5.52. The second-order valence-electron chi connectivity index (χ2n) is 3.95. The molecule has 0 aliphatic carbocycles. The fourth-order valence-corrected chi connectivity index (χ4v) is 1.63. The first kappa shape index (κ1) is 12.1. The van der Waals surface area contributed by atoms with Gasteiger partial charge >= 0.3 is 0 Å². The van der Waals surface area contributed by atoms with Crippen LogP contribution < -0.4 is 4.74 Å². The summed E-state index contributed by atoms with van der Waals surface area (Å²) in [5, 5.41) is 0. The van der Waals surface area contributed by atoms with Gasteiger partial charge in [-0.1, -0.05) is 39.3 Å². The molecule has 1 aromatic carbocycles. The maximum Gasteiger partial charge on any atom is 0.122 e. The van der Waals surface area contributed by atoms with Gasteiger partial charge in [-0.2, -0.15) is 0 Å². The van der Waals surface area contributed by atoms with E-state index in [9.17, 15) is 0 Å². The lowest BCUT2D eigenvalue weighted by Crippen LogP contribution is -2.08. The standard InChI is InChI=1S/C11H14O.C3H8/c1-2-9-5-6-11-10(8-9)4-3-7-12-11;1-3-2/h5-6,8H,2-4,7H2,1H3;3H2,1-2H3. The summed E-state index contributed by atoms with van der Waals surface area (Å²) in [6, 6.07) is 6.53. The third kappa shape index (κ3) is 3.58. The van der Waals surface area contributed by atoms with Crippen LogP contribution in [0, 0.1) is 0 Å². The van der Waals surface area contributed by atoms with Gasteiger partial charge in [-0.3, -0.25) is 0 Å². The molecular weight excluding hydrogens is 184 g/mol. The summed E-state index contributed by atoms with van der Waals surface area (Å²) in [6.07, 6.45) is 4.72. The molecule has 15 heavy (non-hydrogen) atoms. The Balaban J connectivity index is 0.000000337. The van der Waals surface area contributed by atoms with Gasteiger partial charge in [0, 0.05) is 0 Å². The predicted molar refractivity (Wildman–Crippen MR) is 65.6 cm³/mol. The van der Waals surface area contributed by atoms with Crippen molar-refractivity contribution in [3.63, 3.8) is 0 Å². The lowest BCUT2D eigenvalue weighted by molar-refractivity contribution is 0.288. The summed E-state index contributed by atoms with van der Waals surface area (Å²) >= 11 is 0. The van der Waals surface area contributed by atoms with Crippen LogP contribution in [-0.2, 0) is 12.8 Å². The van der Waals surface area contributed by atoms with Crippen LogP contribution in [-0.4, -0.2) is 6.61 Å². The average Bonchev–Trinajstić information content (AvgIpc) is 2.29. The van der Waals surface area contributed by atoms with E-state index in [1.807, 2.05) is 0 Å². The van der Waals surface area contributed by atoms with Crippen molar-refractivity contribution >= 4 is 0 Å². The minimum atomic E-state index is 0.887. The molecule has 0 amide bonds. The molecule has 1 heteroatoms. The first-order chi connectivity index (χ1) is 7.31. The van der Waals surface area contributed by atoms with Crippen LogP contribution in [0.2, 0.25) is 0 Å². The SMILES string of the molecule is CCC.CCc1ccc2c(c1)CCCO2. The quantitative estimate of drug-likeness (QED) is 0.675. The first-order valence-electron chi connectivity index (χ1n) is 6.06. The smallest absolute Gasteiger partial charge is 0.122 e. The van der Waals surface area contributed by atoms with Crippen molar-refractivity contribution in [1.29, 1.82) is 0 Å². The van der Waals surface area contributed by atoms with Gasteiger partial charge in [0.05, 0.1) is 6.61 Å². The van der Waals surface area contributed by atoms with E-state index in [0.29, 0.717) is 0 Å². The van der Waals surface area contributed by atoms with Gasteiger partial charge < -0.3 is 4.74 Å². The van der Waals surface area contributed by atoms with Crippen LogP contribution in [0.4, 0.5) is 0 Å². The highest BCUT2D eigenvalue weighted by Crippen LogP contribution is 2.25. The molecule has 0 fully saturated rings. The Bertz CT molecular complexity index is 291. The van der Waals surface area contributed by atoms with Crippen molar-refractivity contribution in [2.24, 2.45) is 0 Å². The molecule has 0 saturated carbocycles. The molecule has 0 spiro atoms. The molecule has 1 aromatic rings. The third-order valence-electron chi connectivity index (χ3n) is 2.38. The highest BCUT2D eigenvalue weighted by atomic mass is 16.5. The molecule has 0 unspecified atom stereocenters. The van der Waals surface area contributed by atoms with E-state index in [1.165, 1.54) is 30.4 Å². The Morgan fingerprint density at radius 2 is 1.93 bits per heavy atom. The highest BCUT2D eigenvalue weighted by molar-refractivity contribution is 5.38. The monoisotopic (exact) mass is 206 g/mol. The molecule has 84 valence electrons. The summed E-state index contributed by atoms with van der Waals surface area (Å²) in [5.74, 6) is 1.10. The van der Waals surface area contributed by atoms with Gasteiger partial charge in [0.25, 0.3) is 0 Å². The molecule has 1 heterocycles. The zero-order chi connectivity index (χ0) is 11.1. The normalized spacial score (nSPS) is 13.3. The van der Waals surface area contributed by atoms with E-state index in [2.05, 4.69) is 39.0 Å². The number of hydrogen-bond acceptors (Lipinski definition) is 1. The molecule has 0 aromatic heterocycles. The van der Waals surface area contributed by atoms with Crippen molar-refractivity contribution in [3.8, 4) is 5.75 Å². The summed E-state index contributed by atoms with van der Waals surface area (Å²) in [6.45, 7) is 7.32. The van der Waals surface area contributed by atoms with Gasteiger partial charge in [-0.25, -0.2) is 0 Å². The molecule has 0 radical (unpaired) electrons. The van der Waals surface area contributed by atoms with Gasteiger partial charge in [-0.15, -0.1) is 0 Å². The lowest BCUT2D eigenvalue weighted by atomic mass is 10.0. The van der Waals surface area contributed by atoms with Crippen LogP contribution in [0.3, 0.4) is 0 Å². The molecule has 1 aliphatic rings. The molecule has 0 N–H and O–H groups in total. The highest BCUT2D eigenvalue weighted by Gasteiger charge is 2.09. The van der Waals surface area contributed by atoms with Crippen molar-refractivity contribution in [3.05, 3.63) is 29.3 Å². The van der Waals surface area contributed by atoms with Gasteiger partial charge in [0.15, 0.2) is 0 Å². The fraction of sp³-hybridized carbons (Fsp3) is 0.571. The second-order valence-corrected chi connectivity index (χ2v) is 3.95. The molecule has 1 aliphatic heterocycles. The number of aryl methyl sites for hydroxylation is 2. The van der Waals surface area contributed by atoms with Gasteiger partial charge in [-0.05, 0) is 36.5 Å². The Morgan fingerprint density at radius 3 is 2.60 bits per heavy atom. The van der Waals surface area contributed by atoms with Crippen LogP contribution in [0.5, 0.6) is 5.75 Å².